The largest absolute Gasteiger partial charge is 0.336 e. The van der Waals surface area contributed by atoms with Crippen LogP contribution in [-0.2, 0) is 17.9 Å². The third-order valence-electron chi connectivity index (χ3n) is 4.22. The van der Waals surface area contributed by atoms with E-state index < -0.39 is 0 Å². The maximum atomic E-state index is 12.2. The third kappa shape index (κ3) is 3.64. The first-order valence-corrected chi connectivity index (χ1v) is 8.27. The van der Waals surface area contributed by atoms with E-state index in [-0.39, 0.29) is 11.5 Å². The van der Waals surface area contributed by atoms with Gasteiger partial charge in [0.25, 0.3) is 5.56 Å². The SMILES string of the molecule is CCn1ccnc(Nc2ccc(CN(C(C)=O)C3CC3)cc2)c1=O. The van der Waals surface area contributed by atoms with Crippen LogP contribution in [0, 0.1) is 0 Å². The molecular weight excluding hydrogens is 304 g/mol. The molecule has 0 aliphatic heterocycles. The second-order valence-corrected chi connectivity index (χ2v) is 6.07. The molecule has 126 valence electrons. The molecule has 1 aliphatic carbocycles. The summed E-state index contributed by atoms with van der Waals surface area (Å²) < 4.78 is 1.60. The number of hydrogen-bond acceptors (Lipinski definition) is 4. The normalized spacial score (nSPS) is 13.6. The number of amides is 1. The minimum atomic E-state index is -0.138. The molecule has 0 atom stereocenters. The Morgan fingerprint density at radius 3 is 2.62 bits per heavy atom. The van der Waals surface area contributed by atoms with Gasteiger partial charge in [-0.2, -0.15) is 0 Å². The lowest BCUT2D eigenvalue weighted by atomic mass is 10.2. The van der Waals surface area contributed by atoms with E-state index >= 15 is 0 Å². The highest BCUT2D eigenvalue weighted by Crippen LogP contribution is 2.28. The maximum Gasteiger partial charge on any atom is 0.293 e. The first-order valence-electron chi connectivity index (χ1n) is 8.27. The molecule has 24 heavy (non-hydrogen) atoms. The van der Waals surface area contributed by atoms with Crippen molar-refractivity contribution in [1.29, 1.82) is 0 Å². The minimum Gasteiger partial charge on any atom is -0.336 e. The number of carbonyl (C=O) groups excluding carboxylic acids is 1. The topological polar surface area (TPSA) is 67.2 Å². The Labute approximate surface area is 141 Å². The van der Waals surface area contributed by atoms with E-state index in [1.54, 1.807) is 23.9 Å². The maximum absolute atomic E-state index is 12.2. The molecule has 0 saturated heterocycles. The van der Waals surface area contributed by atoms with Gasteiger partial charge < -0.3 is 14.8 Å². The molecule has 0 radical (unpaired) electrons. The third-order valence-corrected chi connectivity index (χ3v) is 4.22. The van der Waals surface area contributed by atoms with Crippen LogP contribution in [0.5, 0.6) is 0 Å². The lowest BCUT2D eigenvalue weighted by molar-refractivity contribution is -0.130. The second-order valence-electron chi connectivity index (χ2n) is 6.07. The van der Waals surface area contributed by atoms with Crippen molar-refractivity contribution in [2.45, 2.75) is 45.8 Å². The average Bonchev–Trinajstić information content (AvgIpc) is 3.40. The van der Waals surface area contributed by atoms with Gasteiger partial charge in [0, 0.05) is 44.1 Å². The van der Waals surface area contributed by atoms with Gasteiger partial charge in [0.15, 0.2) is 5.82 Å². The molecule has 1 aromatic heterocycles. The van der Waals surface area contributed by atoms with Crippen molar-refractivity contribution < 1.29 is 4.79 Å². The van der Waals surface area contributed by atoms with Gasteiger partial charge in [0.1, 0.15) is 0 Å². The Bertz CT molecular complexity index is 778. The molecule has 1 amide bonds. The molecule has 0 spiro atoms. The van der Waals surface area contributed by atoms with Crippen LogP contribution in [0.3, 0.4) is 0 Å². The Hall–Kier alpha value is -2.63. The monoisotopic (exact) mass is 326 g/mol. The summed E-state index contributed by atoms with van der Waals surface area (Å²) in [5.74, 6) is 0.434. The summed E-state index contributed by atoms with van der Waals surface area (Å²) >= 11 is 0. The van der Waals surface area contributed by atoms with E-state index in [1.807, 2.05) is 36.1 Å². The number of nitrogens with one attached hydrogen (secondary N) is 1. The van der Waals surface area contributed by atoms with Gasteiger partial charge in [-0.1, -0.05) is 12.1 Å². The van der Waals surface area contributed by atoms with Gasteiger partial charge in [0.05, 0.1) is 0 Å². The molecule has 0 bridgehead atoms. The second kappa shape index (κ2) is 6.86. The van der Waals surface area contributed by atoms with Crippen LogP contribution < -0.4 is 10.9 Å². The zero-order valence-electron chi connectivity index (χ0n) is 14.0. The van der Waals surface area contributed by atoms with E-state index in [4.69, 9.17) is 0 Å². The first-order chi connectivity index (χ1) is 11.6. The predicted octanol–water partition coefficient (Wildman–Crippen LogP) is 2.52. The fourth-order valence-electron chi connectivity index (χ4n) is 2.69. The predicted molar refractivity (Wildman–Crippen MR) is 93.1 cm³/mol. The lowest BCUT2D eigenvalue weighted by Gasteiger charge is -2.20. The Balaban J connectivity index is 1.71. The standard InChI is InChI=1S/C18H22N4O2/c1-3-21-11-10-19-17(18(21)24)20-15-6-4-14(5-7-15)12-22(13(2)23)16-8-9-16/h4-7,10-11,16H,3,8-9,12H2,1-2H3,(H,19,20). The Morgan fingerprint density at radius 1 is 1.33 bits per heavy atom. The van der Waals surface area contributed by atoms with E-state index in [1.165, 1.54) is 0 Å². The summed E-state index contributed by atoms with van der Waals surface area (Å²) in [4.78, 5) is 29.9. The van der Waals surface area contributed by atoms with Gasteiger partial charge in [-0.15, -0.1) is 0 Å². The van der Waals surface area contributed by atoms with Crippen molar-refractivity contribution in [3.63, 3.8) is 0 Å². The molecule has 1 aromatic carbocycles. The summed E-state index contributed by atoms with van der Waals surface area (Å²) in [6, 6.07) is 8.17. The Morgan fingerprint density at radius 2 is 2.04 bits per heavy atom. The van der Waals surface area contributed by atoms with Crippen molar-refractivity contribution >= 4 is 17.4 Å². The first kappa shape index (κ1) is 16.2. The van der Waals surface area contributed by atoms with E-state index in [0.29, 0.717) is 24.9 Å². The van der Waals surface area contributed by atoms with E-state index in [0.717, 1.165) is 24.1 Å². The zero-order valence-corrected chi connectivity index (χ0v) is 14.0. The number of hydrogen-bond donors (Lipinski definition) is 1. The lowest BCUT2D eigenvalue weighted by Crippen LogP contribution is -2.30. The van der Waals surface area contributed by atoms with Gasteiger partial charge >= 0.3 is 0 Å². The van der Waals surface area contributed by atoms with E-state index in [9.17, 15) is 9.59 Å². The molecule has 0 unspecified atom stereocenters. The number of anilines is 2. The van der Waals surface area contributed by atoms with Crippen LogP contribution in [0.15, 0.2) is 41.5 Å². The molecule has 3 rings (SSSR count). The number of aromatic nitrogens is 2. The van der Waals surface area contributed by atoms with Gasteiger partial charge in [0.2, 0.25) is 5.91 Å². The van der Waals surface area contributed by atoms with Gasteiger partial charge in [-0.25, -0.2) is 4.98 Å². The molecule has 6 nitrogen and oxygen atoms in total. The zero-order chi connectivity index (χ0) is 17.1. The summed E-state index contributed by atoms with van der Waals surface area (Å²) in [5.41, 5.74) is 1.74. The van der Waals surface area contributed by atoms with Crippen molar-refractivity contribution in [3.05, 3.63) is 52.6 Å². The highest BCUT2D eigenvalue weighted by atomic mass is 16.2. The molecule has 1 saturated carbocycles. The number of nitrogens with zero attached hydrogens (tertiary/aromatic N) is 3. The van der Waals surface area contributed by atoms with Crippen molar-refractivity contribution in [2.24, 2.45) is 0 Å². The fourth-order valence-corrected chi connectivity index (χ4v) is 2.69. The molecule has 1 N–H and O–H groups in total. The quantitative estimate of drug-likeness (QED) is 0.886. The van der Waals surface area contributed by atoms with Crippen molar-refractivity contribution in [2.75, 3.05) is 5.32 Å². The van der Waals surface area contributed by atoms with Crippen molar-refractivity contribution in [3.8, 4) is 0 Å². The average molecular weight is 326 g/mol. The Kier molecular flexibility index (Phi) is 4.64. The minimum absolute atomic E-state index is 0.119. The van der Waals surface area contributed by atoms with Crippen LogP contribution in [0.4, 0.5) is 11.5 Å². The summed E-state index contributed by atoms with van der Waals surface area (Å²) in [6.45, 7) is 4.78. The molecular formula is C18H22N4O2. The molecule has 1 heterocycles. The highest BCUT2D eigenvalue weighted by molar-refractivity contribution is 5.74. The van der Waals surface area contributed by atoms with Crippen LogP contribution in [0.2, 0.25) is 0 Å². The van der Waals surface area contributed by atoms with Crippen LogP contribution in [0.25, 0.3) is 0 Å². The summed E-state index contributed by atoms with van der Waals surface area (Å²) in [6.07, 6.45) is 5.48. The molecule has 6 heteroatoms. The van der Waals surface area contributed by atoms with Gasteiger partial charge in [-0.3, -0.25) is 9.59 Å². The molecule has 2 aromatic rings. The molecule has 1 aliphatic rings. The number of aryl methyl sites for hydroxylation is 1. The molecule has 1 fully saturated rings. The number of carbonyl (C=O) groups is 1. The number of benzene rings is 1. The van der Waals surface area contributed by atoms with Crippen LogP contribution in [-0.4, -0.2) is 26.4 Å². The smallest absolute Gasteiger partial charge is 0.293 e. The van der Waals surface area contributed by atoms with Gasteiger partial charge in [-0.05, 0) is 37.5 Å². The van der Waals surface area contributed by atoms with E-state index in [2.05, 4.69) is 10.3 Å². The van der Waals surface area contributed by atoms with Crippen molar-refractivity contribution in [1.82, 2.24) is 14.5 Å². The summed E-state index contributed by atoms with van der Waals surface area (Å²) in [7, 11) is 0. The highest BCUT2D eigenvalue weighted by Gasteiger charge is 2.30. The van der Waals surface area contributed by atoms with Crippen LogP contribution >= 0.6 is 0 Å². The number of rotatable bonds is 6. The summed E-state index contributed by atoms with van der Waals surface area (Å²) in [5, 5.41) is 3.06. The van der Waals surface area contributed by atoms with Crippen LogP contribution in [0.1, 0.15) is 32.3 Å². The fraction of sp³-hybridized carbons (Fsp3) is 0.389.